The lowest BCUT2D eigenvalue weighted by Crippen LogP contribution is -2.68. The molecule has 0 aliphatic heterocycles. The second kappa shape index (κ2) is 7.90. The summed E-state index contributed by atoms with van der Waals surface area (Å²) >= 11 is 0. The van der Waals surface area contributed by atoms with E-state index in [-0.39, 0.29) is 0 Å². The van der Waals surface area contributed by atoms with Gasteiger partial charge >= 0.3 is 0 Å². The van der Waals surface area contributed by atoms with Gasteiger partial charge in [0.1, 0.15) is 5.69 Å². The summed E-state index contributed by atoms with van der Waals surface area (Å²) in [5, 5.41) is 0. The van der Waals surface area contributed by atoms with E-state index in [0.717, 1.165) is 5.69 Å². The van der Waals surface area contributed by atoms with E-state index in [9.17, 15) is 0 Å². The maximum atomic E-state index is 8.49. The Hall–Kier alpha value is -1.70. The van der Waals surface area contributed by atoms with E-state index in [1.54, 1.807) is 11.1 Å². The Morgan fingerprint density at radius 3 is 1.73 bits per heavy atom. The van der Waals surface area contributed by atoms with Crippen LogP contribution in [0.25, 0.3) is 5.69 Å². The number of aromatic nitrogens is 1. The molecule has 2 aliphatic carbocycles. The maximum Gasteiger partial charge on any atom is 0.234 e. The quantitative estimate of drug-likeness (QED) is 0.480. The number of nitrogens with two attached hydrogens (primary N) is 1. The standard InChI is InChI=1S/C19H23N2.ClHO4/c20-16-9-3-6-12-19(16)21-17-10-4-1-7-14(17)13-15-8-2-5-11-18(15)21;2-1(3,4)5/h3,6,9,12-13H,1-2,4-5,7-8,10-11,20H2;(H,2,3,4,5)/q+1;/p-1. The third-order valence-corrected chi connectivity index (χ3v) is 5.03. The lowest BCUT2D eigenvalue weighted by molar-refractivity contribution is -2.00. The Kier molecular flexibility index (Phi) is 5.79. The van der Waals surface area contributed by atoms with Crippen molar-refractivity contribution in [2.45, 2.75) is 51.4 Å². The highest BCUT2D eigenvalue weighted by Gasteiger charge is 2.30. The predicted octanol–water partition coefficient (Wildman–Crippen LogP) is -1.45. The molecule has 140 valence electrons. The van der Waals surface area contributed by atoms with E-state index in [1.807, 2.05) is 12.1 Å². The minimum atomic E-state index is -4.94. The molecule has 4 rings (SSSR count). The summed E-state index contributed by atoms with van der Waals surface area (Å²) in [4.78, 5) is 0. The van der Waals surface area contributed by atoms with Gasteiger partial charge in [-0.2, -0.15) is 4.57 Å². The van der Waals surface area contributed by atoms with Crippen molar-refractivity contribution in [2.24, 2.45) is 0 Å². The van der Waals surface area contributed by atoms with Crippen LogP contribution in [0.4, 0.5) is 5.69 Å². The molecular formula is C19H23ClN2O4. The Morgan fingerprint density at radius 1 is 0.769 bits per heavy atom. The first kappa shape index (κ1) is 19.1. The fraction of sp³-hybridized carbons (Fsp3) is 0.421. The molecule has 6 nitrogen and oxygen atoms in total. The first-order chi connectivity index (χ1) is 12.3. The molecule has 26 heavy (non-hydrogen) atoms. The molecule has 0 atom stereocenters. The number of halogens is 1. The van der Waals surface area contributed by atoms with Crippen LogP contribution in [0.5, 0.6) is 0 Å². The van der Waals surface area contributed by atoms with Gasteiger partial charge in [-0.25, -0.2) is 18.6 Å². The second-order valence-electron chi connectivity index (χ2n) is 6.77. The zero-order valence-electron chi connectivity index (χ0n) is 14.6. The molecule has 0 saturated heterocycles. The maximum absolute atomic E-state index is 8.49. The summed E-state index contributed by atoms with van der Waals surface area (Å²) in [6, 6.07) is 10.8. The SMILES string of the molecule is Nc1ccccc1-[n+]1c2c(cc3c1CCCC3)CCCC2.[O-][Cl+3]([O-])([O-])[O-]. The number of nitrogen functional groups attached to an aromatic ring is 1. The molecule has 7 heteroatoms. The normalized spacial score (nSPS) is 16.2. The second-order valence-corrected chi connectivity index (χ2v) is 7.53. The number of hydrogen-bond donors (Lipinski definition) is 1. The molecular weight excluding hydrogens is 356 g/mol. The molecule has 2 N–H and O–H groups in total. The molecule has 2 aromatic rings. The van der Waals surface area contributed by atoms with Crippen molar-refractivity contribution >= 4 is 5.69 Å². The zero-order valence-corrected chi connectivity index (χ0v) is 15.3. The van der Waals surface area contributed by atoms with Crippen LogP contribution in [0.2, 0.25) is 0 Å². The number of anilines is 1. The lowest BCUT2D eigenvalue weighted by Gasteiger charge is -2.22. The fourth-order valence-electron chi connectivity index (χ4n) is 4.00. The average molecular weight is 379 g/mol. The van der Waals surface area contributed by atoms with Crippen LogP contribution in [-0.4, -0.2) is 0 Å². The summed E-state index contributed by atoms with van der Waals surface area (Å²) < 4.78 is 36.5. The van der Waals surface area contributed by atoms with Gasteiger partial charge in [0.05, 0.1) is 0 Å². The Balaban J connectivity index is 0.000000349. The van der Waals surface area contributed by atoms with E-state index in [4.69, 9.17) is 24.4 Å². The zero-order chi connectivity index (χ0) is 18.7. The monoisotopic (exact) mass is 378 g/mol. The molecule has 1 heterocycles. The van der Waals surface area contributed by atoms with Crippen molar-refractivity contribution in [2.75, 3.05) is 5.73 Å². The van der Waals surface area contributed by atoms with Crippen LogP contribution in [0.1, 0.15) is 48.2 Å². The van der Waals surface area contributed by atoms with Crippen LogP contribution >= 0.6 is 0 Å². The molecule has 0 radical (unpaired) electrons. The van der Waals surface area contributed by atoms with Gasteiger partial charge < -0.3 is 5.73 Å². The smallest absolute Gasteiger partial charge is 0.234 e. The highest BCUT2D eigenvalue weighted by atomic mass is 35.7. The molecule has 0 spiro atoms. The minimum Gasteiger partial charge on any atom is -0.393 e. The summed E-state index contributed by atoms with van der Waals surface area (Å²) in [6.45, 7) is 0. The predicted molar refractivity (Wildman–Crippen MR) is 85.7 cm³/mol. The first-order valence-electron chi connectivity index (χ1n) is 8.90. The molecule has 2 aliphatic rings. The Bertz CT molecular complexity index is 750. The highest BCUT2D eigenvalue weighted by Crippen LogP contribution is 2.28. The third kappa shape index (κ3) is 4.52. The van der Waals surface area contributed by atoms with Crippen molar-refractivity contribution in [3.8, 4) is 5.69 Å². The molecule has 0 amide bonds. The first-order valence-corrected chi connectivity index (χ1v) is 10.1. The van der Waals surface area contributed by atoms with Gasteiger partial charge in [0, 0.05) is 30.0 Å². The number of rotatable bonds is 1. The van der Waals surface area contributed by atoms with Gasteiger partial charge in [-0.05, 0) is 50.7 Å². The van der Waals surface area contributed by atoms with E-state index in [1.165, 1.54) is 68.4 Å². The van der Waals surface area contributed by atoms with Crippen LogP contribution in [-0.2, 0) is 25.7 Å². The highest BCUT2D eigenvalue weighted by molar-refractivity contribution is 5.53. The topological polar surface area (TPSA) is 122 Å². The number of nitrogens with zero attached hydrogens (tertiary/aromatic N) is 1. The molecule has 1 aromatic heterocycles. The van der Waals surface area contributed by atoms with Crippen molar-refractivity contribution in [3.63, 3.8) is 0 Å². The van der Waals surface area contributed by atoms with Gasteiger partial charge in [0.2, 0.25) is 5.69 Å². The molecule has 0 saturated carbocycles. The van der Waals surface area contributed by atoms with Gasteiger partial charge in [-0.3, -0.25) is 0 Å². The van der Waals surface area contributed by atoms with Crippen molar-refractivity contribution in [1.29, 1.82) is 0 Å². The van der Waals surface area contributed by atoms with Crippen molar-refractivity contribution in [1.82, 2.24) is 0 Å². The van der Waals surface area contributed by atoms with E-state index in [0.29, 0.717) is 0 Å². The van der Waals surface area contributed by atoms with Crippen LogP contribution in [0.3, 0.4) is 0 Å². The van der Waals surface area contributed by atoms with Gasteiger partial charge in [-0.1, -0.05) is 12.1 Å². The molecule has 1 aromatic carbocycles. The molecule has 0 unspecified atom stereocenters. The van der Waals surface area contributed by atoms with Crippen LogP contribution in [0, 0.1) is 10.2 Å². The van der Waals surface area contributed by atoms with Crippen LogP contribution in [0.15, 0.2) is 30.3 Å². The average Bonchev–Trinajstić information content (AvgIpc) is 2.59. The summed E-state index contributed by atoms with van der Waals surface area (Å²) in [5.41, 5.74) is 14.5. The van der Waals surface area contributed by atoms with Crippen molar-refractivity contribution < 1.29 is 33.4 Å². The largest absolute Gasteiger partial charge is 0.393 e. The lowest BCUT2D eigenvalue weighted by atomic mass is 9.88. The van der Waals surface area contributed by atoms with E-state index in [2.05, 4.69) is 22.8 Å². The van der Waals surface area contributed by atoms with Crippen LogP contribution < -0.4 is 28.9 Å². The molecule has 0 fully saturated rings. The number of pyridine rings is 1. The minimum absolute atomic E-state index is 0.897. The number of hydrogen-bond acceptors (Lipinski definition) is 5. The number of para-hydroxylation sites is 2. The summed E-state index contributed by atoms with van der Waals surface area (Å²) in [5.74, 6) is 0. The van der Waals surface area contributed by atoms with Crippen molar-refractivity contribution in [3.05, 3.63) is 52.8 Å². The summed E-state index contributed by atoms with van der Waals surface area (Å²) in [7, 11) is -4.94. The third-order valence-electron chi connectivity index (χ3n) is 5.03. The number of benzene rings is 1. The Morgan fingerprint density at radius 2 is 1.23 bits per heavy atom. The van der Waals surface area contributed by atoms with Gasteiger partial charge in [-0.15, -0.1) is 10.2 Å². The van der Waals surface area contributed by atoms with E-state index >= 15 is 0 Å². The number of fused-ring (bicyclic) bond motifs is 2. The van der Waals surface area contributed by atoms with Gasteiger partial charge in [0.25, 0.3) is 0 Å². The summed E-state index contributed by atoms with van der Waals surface area (Å²) in [6.07, 6.45) is 10.1. The van der Waals surface area contributed by atoms with E-state index < -0.39 is 10.2 Å². The molecule has 0 bridgehead atoms. The fourth-order valence-corrected chi connectivity index (χ4v) is 4.00. The number of aryl methyl sites for hydroxylation is 2. The van der Waals surface area contributed by atoms with Gasteiger partial charge in [0.15, 0.2) is 11.4 Å². The Labute approximate surface area is 155 Å².